The minimum atomic E-state index is -3.04. The van der Waals surface area contributed by atoms with Crippen molar-refractivity contribution in [2.24, 2.45) is 5.92 Å². The average molecular weight is 244 g/mol. The van der Waals surface area contributed by atoms with Crippen LogP contribution in [0, 0.1) is 5.92 Å². The van der Waals surface area contributed by atoms with E-state index in [2.05, 4.69) is 5.10 Å². The molecule has 1 unspecified atom stereocenters. The maximum atomic E-state index is 11.7. The molecule has 1 aromatic rings. The summed E-state index contributed by atoms with van der Waals surface area (Å²) >= 11 is 0. The van der Waals surface area contributed by atoms with E-state index < -0.39 is 10.0 Å². The SMILES string of the molecule is CC1CN(CCn2cc(N)cn2)S(=O)(=O)C1. The highest BCUT2D eigenvalue weighted by atomic mass is 32.2. The van der Waals surface area contributed by atoms with Crippen LogP contribution in [0.1, 0.15) is 6.92 Å². The number of hydrogen-bond acceptors (Lipinski definition) is 4. The van der Waals surface area contributed by atoms with E-state index >= 15 is 0 Å². The first-order chi connectivity index (χ1) is 7.47. The monoisotopic (exact) mass is 244 g/mol. The largest absolute Gasteiger partial charge is 0.396 e. The maximum Gasteiger partial charge on any atom is 0.214 e. The lowest BCUT2D eigenvalue weighted by Crippen LogP contribution is -2.29. The zero-order valence-electron chi connectivity index (χ0n) is 9.20. The van der Waals surface area contributed by atoms with Gasteiger partial charge in [-0.25, -0.2) is 8.42 Å². The first kappa shape index (κ1) is 11.4. The van der Waals surface area contributed by atoms with Gasteiger partial charge < -0.3 is 5.73 Å². The highest BCUT2D eigenvalue weighted by molar-refractivity contribution is 7.89. The minimum absolute atomic E-state index is 0.215. The Morgan fingerprint density at radius 3 is 2.81 bits per heavy atom. The van der Waals surface area contributed by atoms with Gasteiger partial charge in [-0.2, -0.15) is 9.40 Å². The highest BCUT2D eigenvalue weighted by Crippen LogP contribution is 2.18. The molecule has 6 nitrogen and oxygen atoms in total. The Morgan fingerprint density at radius 1 is 1.56 bits per heavy atom. The van der Waals surface area contributed by atoms with Gasteiger partial charge in [0.2, 0.25) is 10.0 Å². The van der Waals surface area contributed by atoms with Gasteiger partial charge in [-0.15, -0.1) is 0 Å². The lowest BCUT2D eigenvalue weighted by Gasteiger charge is -2.13. The third kappa shape index (κ3) is 2.35. The fourth-order valence-electron chi connectivity index (χ4n) is 1.93. The Hall–Kier alpha value is -1.08. The van der Waals surface area contributed by atoms with E-state index in [1.165, 1.54) is 4.31 Å². The van der Waals surface area contributed by atoms with Crippen LogP contribution in [-0.2, 0) is 16.6 Å². The van der Waals surface area contributed by atoms with Crippen molar-refractivity contribution in [3.05, 3.63) is 12.4 Å². The molecule has 7 heteroatoms. The summed E-state index contributed by atoms with van der Waals surface area (Å²) in [7, 11) is -3.04. The number of anilines is 1. The Bertz CT molecular complexity index is 468. The van der Waals surface area contributed by atoms with E-state index in [-0.39, 0.29) is 11.7 Å². The van der Waals surface area contributed by atoms with Gasteiger partial charge in [0.25, 0.3) is 0 Å². The van der Waals surface area contributed by atoms with Crippen LogP contribution in [0.15, 0.2) is 12.4 Å². The summed E-state index contributed by atoms with van der Waals surface area (Å²) in [5.74, 6) is 0.474. The molecule has 16 heavy (non-hydrogen) atoms. The molecule has 0 saturated carbocycles. The van der Waals surface area contributed by atoms with Crippen molar-refractivity contribution in [2.45, 2.75) is 13.5 Å². The lowest BCUT2D eigenvalue weighted by atomic mass is 10.2. The predicted octanol–water partition coefficient (Wildman–Crippen LogP) is -0.253. The summed E-state index contributed by atoms with van der Waals surface area (Å²) in [6, 6.07) is 0. The highest BCUT2D eigenvalue weighted by Gasteiger charge is 2.32. The first-order valence-electron chi connectivity index (χ1n) is 5.23. The maximum absolute atomic E-state index is 11.7. The summed E-state index contributed by atoms with van der Waals surface area (Å²) in [5, 5.41) is 4.01. The lowest BCUT2D eigenvalue weighted by molar-refractivity contribution is 0.385. The van der Waals surface area contributed by atoms with Crippen molar-refractivity contribution in [2.75, 3.05) is 24.6 Å². The van der Waals surface area contributed by atoms with Crippen molar-refractivity contribution >= 4 is 15.7 Å². The van der Waals surface area contributed by atoms with E-state index in [1.54, 1.807) is 17.1 Å². The van der Waals surface area contributed by atoms with Gasteiger partial charge in [0.1, 0.15) is 0 Å². The van der Waals surface area contributed by atoms with Crippen LogP contribution in [-0.4, -0.2) is 41.3 Å². The number of nitrogens with two attached hydrogens (primary N) is 1. The van der Waals surface area contributed by atoms with E-state index in [4.69, 9.17) is 5.73 Å². The molecule has 0 spiro atoms. The van der Waals surface area contributed by atoms with Gasteiger partial charge in [0, 0.05) is 19.3 Å². The second kappa shape index (κ2) is 4.06. The molecule has 0 radical (unpaired) electrons. The van der Waals surface area contributed by atoms with Crippen molar-refractivity contribution < 1.29 is 8.42 Å². The van der Waals surface area contributed by atoms with E-state index in [0.29, 0.717) is 25.3 Å². The van der Waals surface area contributed by atoms with Crippen LogP contribution in [0.3, 0.4) is 0 Å². The van der Waals surface area contributed by atoms with Crippen LogP contribution in [0.25, 0.3) is 0 Å². The molecular formula is C9H16N4O2S. The van der Waals surface area contributed by atoms with E-state index in [9.17, 15) is 8.42 Å². The summed E-state index contributed by atoms with van der Waals surface area (Å²) in [6.45, 7) is 3.57. The molecule has 1 aromatic heterocycles. The molecule has 1 aliphatic heterocycles. The third-order valence-electron chi connectivity index (χ3n) is 2.64. The fraction of sp³-hybridized carbons (Fsp3) is 0.667. The number of aromatic nitrogens is 2. The molecule has 0 aromatic carbocycles. The van der Waals surface area contributed by atoms with Crippen LogP contribution in [0.2, 0.25) is 0 Å². The van der Waals surface area contributed by atoms with Crippen LogP contribution < -0.4 is 5.73 Å². The minimum Gasteiger partial charge on any atom is -0.396 e. The summed E-state index contributed by atoms with van der Waals surface area (Å²) in [6.07, 6.45) is 3.26. The summed E-state index contributed by atoms with van der Waals surface area (Å²) in [5.41, 5.74) is 6.12. The summed E-state index contributed by atoms with van der Waals surface area (Å²) < 4.78 is 26.5. The topological polar surface area (TPSA) is 81.2 Å². The molecule has 1 atom stereocenters. The Labute approximate surface area is 95.1 Å². The zero-order chi connectivity index (χ0) is 11.8. The molecule has 1 aliphatic rings. The number of rotatable bonds is 3. The van der Waals surface area contributed by atoms with Crippen molar-refractivity contribution in [3.63, 3.8) is 0 Å². The van der Waals surface area contributed by atoms with Gasteiger partial charge in [-0.1, -0.05) is 6.92 Å². The number of nitrogen functional groups attached to an aromatic ring is 1. The second-order valence-electron chi connectivity index (χ2n) is 4.28. The molecule has 0 amide bonds. The number of hydrogen-bond donors (Lipinski definition) is 1. The molecule has 2 heterocycles. The van der Waals surface area contributed by atoms with Crippen LogP contribution in [0.4, 0.5) is 5.69 Å². The fourth-order valence-corrected chi connectivity index (χ4v) is 3.80. The van der Waals surface area contributed by atoms with Crippen molar-refractivity contribution in [3.8, 4) is 0 Å². The molecule has 0 aliphatic carbocycles. The van der Waals surface area contributed by atoms with Gasteiger partial charge in [-0.05, 0) is 5.92 Å². The third-order valence-corrected chi connectivity index (χ3v) is 4.74. The zero-order valence-corrected chi connectivity index (χ0v) is 10.0. The molecular weight excluding hydrogens is 228 g/mol. The Morgan fingerprint density at radius 2 is 2.31 bits per heavy atom. The second-order valence-corrected chi connectivity index (χ2v) is 6.29. The first-order valence-corrected chi connectivity index (χ1v) is 6.84. The molecule has 1 fully saturated rings. The smallest absolute Gasteiger partial charge is 0.214 e. The standard InChI is InChI=1S/C9H16N4O2S/c1-8-5-13(16(14,15)7-8)3-2-12-6-9(10)4-11-12/h4,6,8H,2-3,5,7,10H2,1H3. The van der Waals surface area contributed by atoms with Gasteiger partial charge in [0.15, 0.2) is 0 Å². The van der Waals surface area contributed by atoms with E-state index in [0.717, 1.165) is 0 Å². The predicted molar refractivity (Wildman–Crippen MR) is 61.2 cm³/mol. The van der Waals surface area contributed by atoms with E-state index in [1.807, 2.05) is 6.92 Å². The Balaban J connectivity index is 1.96. The van der Waals surface area contributed by atoms with Gasteiger partial charge >= 0.3 is 0 Å². The quantitative estimate of drug-likeness (QED) is 0.794. The number of sulfonamides is 1. The average Bonchev–Trinajstić information content (AvgIpc) is 2.67. The van der Waals surface area contributed by atoms with Crippen LogP contribution in [0.5, 0.6) is 0 Å². The number of nitrogens with zero attached hydrogens (tertiary/aromatic N) is 3. The summed E-state index contributed by atoms with van der Waals surface area (Å²) in [4.78, 5) is 0. The Kier molecular flexibility index (Phi) is 2.90. The molecule has 2 rings (SSSR count). The molecule has 0 bridgehead atoms. The van der Waals surface area contributed by atoms with Gasteiger partial charge in [0.05, 0.1) is 24.2 Å². The van der Waals surface area contributed by atoms with Crippen molar-refractivity contribution in [1.29, 1.82) is 0 Å². The molecule has 2 N–H and O–H groups in total. The van der Waals surface area contributed by atoms with Crippen LogP contribution >= 0.6 is 0 Å². The normalized spacial score (nSPS) is 24.9. The molecule has 90 valence electrons. The van der Waals surface area contributed by atoms with Gasteiger partial charge in [-0.3, -0.25) is 4.68 Å². The molecule has 1 saturated heterocycles. The van der Waals surface area contributed by atoms with Crippen molar-refractivity contribution in [1.82, 2.24) is 14.1 Å².